The van der Waals surface area contributed by atoms with Crippen LogP contribution < -0.4 is 0 Å². The molecule has 124 valence electrons. The fourth-order valence-electron chi connectivity index (χ4n) is 2.95. The molecule has 0 radical (unpaired) electrons. The largest absolute Gasteiger partial charge is 0.433 e. The number of hydrogen-bond donors (Lipinski definition) is 0. The second kappa shape index (κ2) is 5.50. The lowest BCUT2D eigenvalue weighted by Crippen LogP contribution is -2.42. The minimum atomic E-state index is -4.56. The molecule has 3 heterocycles. The number of carbonyl (C=O) groups is 1. The van der Waals surface area contributed by atoms with E-state index in [1.54, 1.807) is 4.90 Å². The van der Waals surface area contributed by atoms with Crippen LogP contribution in [0.15, 0.2) is 12.1 Å². The average molecular weight is 326 g/mol. The van der Waals surface area contributed by atoms with Gasteiger partial charge in [0.1, 0.15) is 5.69 Å². The van der Waals surface area contributed by atoms with Crippen molar-refractivity contribution in [3.63, 3.8) is 0 Å². The zero-order valence-electron chi connectivity index (χ0n) is 12.9. The van der Waals surface area contributed by atoms with Crippen LogP contribution >= 0.6 is 0 Å². The Morgan fingerprint density at radius 1 is 1.30 bits per heavy atom. The first kappa shape index (κ1) is 15.8. The molecular weight excluding hydrogens is 309 g/mol. The summed E-state index contributed by atoms with van der Waals surface area (Å²) < 4.78 is 40.1. The number of nitrogens with zero attached hydrogens (tertiary/aromatic N) is 4. The van der Waals surface area contributed by atoms with E-state index >= 15 is 0 Å². The first-order chi connectivity index (χ1) is 10.8. The summed E-state index contributed by atoms with van der Waals surface area (Å²) in [5.41, 5.74) is -0.659. The van der Waals surface area contributed by atoms with E-state index in [0.29, 0.717) is 11.1 Å². The maximum atomic E-state index is 13.1. The Kier molecular flexibility index (Phi) is 3.77. The van der Waals surface area contributed by atoms with Gasteiger partial charge in [-0.05, 0) is 39.2 Å². The van der Waals surface area contributed by atoms with Crippen LogP contribution in [-0.2, 0) is 6.18 Å². The number of fused-ring (bicyclic) bond motifs is 1. The van der Waals surface area contributed by atoms with Crippen LogP contribution in [0.3, 0.4) is 0 Å². The van der Waals surface area contributed by atoms with Gasteiger partial charge in [0.05, 0.1) is 0 Å². The fourth-order valence-corrected chi connectivity index (χ4v) is 2.95. The van der Waals surface area contributed by atoms with Crippen LogP contribution in [0.4, 0.5) is 13.2 Å². The van der Waals surface area contributed by atoms with E-state index in [2.05, 4.69) is 10.1 Å². The third-order valence-electron chi connectivity index (χ3n) is 4.13. The van der Waals surface area contributed by atoms with E-state index in [9.17, 15) is 18.0 Å². The number of aromatic nitrogens is 3. The molecule has 1 unspecified atom stereocenters. The van der Waals surface area contributed by atoms with Crippen molar-refractivity contribution in [3.05, 3.63) is 29.2 Å². The molecule has 3 rings (SSSR count). The van der Waals surface area contributed by atoms with Gasteiger partial charge in [0.15, 0.2) is 11.3 Å². The molecule has 8 heteroatoms. The van der Waals surface area contributed by atoms with Crippen LogP contribution in [0.2, 0.25) is 0 Å². The first-order valence-electron chi connectivity index (χ1n) is 7.53. The zero-order valence-corrected chi connectivity index (χ0v) is 12.9. The van der Waals surface area contributed by atoms with Crippen LogP contribution in [0.5, 0.6) is 0 Å². The Morgan fingerprint density at radius 3 is 2.70 bits per heavy atom. The summed E-state index contributed by atoms with van der Waals surface area (Å²) in [6.45, 7) is 4.03. The molecule has 23 heavy (non-hydrogen) atoms. The van der Waals surface area contributed by atoms with Gasteiger partial charge in [-0.15, -0.1) is 0 Å². The molecular formula is C15H17F3N4O. The van der Waals surface area contributed by atoms with Crippen molar-refractivity contribution < 1.29 is 18.0 Å². The molecule has 1 aliphatic rings. The van der Waals surface area contributed by atoms with Crippen molar-refractivity contribution in [1.82, 2.24) is 19.5 Å². The second-order valence-electron chi connectivity index (χ2n) is 5.92. The number of piperidine rings is 1. The van der Waals surface area contributed by atoms with Gasteiger partial charge in [0, 0.05) is 24.3 Å². The van der Waals surface area contributed by atoms with Gasteiger partial charge in [-0.25, -0.2) is 9.50 Å². The van der Waals surface area contributed by atoms with E-state index < -0.39 is 11.9 Å². The highest BCUT2D eigenvalue weighted by Gasteiger charge is 2.35. The summed E-state index contributed by atoms with van der Waals surface area (Å²) in [5, 5.41) is 3.87. The lowest BCUT2D eigenvalue weighted by molar-refractivity contribution is -0.142. The number of alkyl halides is 3. The predicted molar refractivity (Wildman–Crippen MR) is 77.1 cm³/mol. The lowest BCUT2D eigenvalue weighted by atomic mass is 10.0. The van der Waals surface area contributed by atoms with Crippen molar-refractivity contribution in [2.45, 2.75) is 45.3 Å². The van der Waals surface area contributed by atoms with Gasteiger partial charge in [0.25, 0.3) is 5.91 Å². The van der Waals surface area contributed by atoms with E-state index in [-0.39, 0.29) is 29.0 Å². The Balaban J connectivity index is 2.04. The zero-order chi connectivity index (χ0) is 16.8. The molecule has 1 atom stereocenters. The number of likely N-dealkylation sites (tertiary alicyclic amines) is 1. The summed E-state index contributed by atoms with van der Waals surface area (Å²) in [7, 11) is 0. The van der Waals surface area contributed by atoms with Gasteiger partial charge in [-0.1, -0.05) is 0 Å². The maximum absolute atomic E-state index is 13.1. The molecule has 0 bridgehead atoms. The molecule has 2 aromatic rings. The van der Waals surface area contributed by atoms with Crippen molar-refractivity contribution in [2.24, 2.45) is 0 Å². The summed E-state index contributed by atoms with van der Waals surface area (Å²) in [6.07, 6.45) is -1.72. The summed E-state index contributed by atoms with van der Waals surface area (Å²) in [4.78, 5) is 18.3. The smallest absolute Gasteiger partial charge is 0.335 e. The standard InChI is InChI=1S/C15H17F3N4O/c1-9-7-12(15(16,17)18)22-13(19-9)8-11(20-22)14(23)21-6-4-3-5-10(21)2/h7-8,10H,3-6H2,1-2H3. The molecule has 1 fully saturated rings. The van der Waals surface area contributed by atoms with E-state index in [0.717, 1.165) is 25.3 Å². The van der Waals surface area contributed by atoms with Crippen LogP contribution in [-0.4, -0.2) is 38.0 Å². The molecule has 0 spiro atoms. The Labute approximate surface area is 131 Å². The van der Waals surface area contributed by atoms with Gasteiger partial charge < -0.3 is 4.90 Å². The van der Waals surface area contributed by atoms with Gasteiger partial charge >= 0.3 is 6.18 Å². The van der Waals surface area contributed by atoms with Gasteiger partial charge in [0.2, 0.25) is 0 Å². The van der Waals surface area contributed by atoms with Gasteiger partial charge in [-0.3, -0.25) is 4.79 Å². The van der Waals surface area contributed by atoms with E-state index in [4.69, 9.17) is 0 Å². The monoisotopic (exact) mass is 326 g/mol. The number of hydrogen-bond acceptors (Lipinski definition) is 3. The van der Waals surface area contributed by atoms with Crippen molar-refractivity contribution >= 4 is 11.6 Å². The maximum Gasteiger partial charge on any atom is 0.433 e. The molecule has 0 N–H and O–H groups in total. The number of carbonyl (C=O) groups excluding carboxylic acids is 1. The quantitative estimate of drug-likeness (QED) is 0.809. The third kappa shape index (κ3) is 2.89. The topological polar surface area (TPSA) is 50.5 Å². The van der Waals surface area contributed by atoms with E-state index in [1.807, 2.05) is 6.92 Å². The van der Waals surface area contributed by atoms with Crippen LogP contribution in [0, 0.1) is 6.92 Å². The number of amides is 1. The summed E-state index contributed by atoms with van der Waals surface area (Å²) >= 11 is 0. The number of aryl methyl sites for hydroxylation is 1. The molecule has 0 saturated carbocycles. The first-order valence-corrected chi connectivity index (χ1v) is 7.53. The normalized spacial score (nSPS) is 19.3. The summed E-state index contributed by atoms with van der Waals surface area (Å²) in [6, 6.07) is 2.32. The second-order valence-corrected chi connectivity index (χ2v) is 5.92. The number of halogens is 3. The highest BCUT2D eigenvalue weighted by atomic mass is 19.4. The molecule has 2 aromatic heterocycles. The predicted octanol–water partition coefficient (Wildman–Crippen LogP) is 3.07. The highest BCUT2D eigenvalue weighted by molar-refractivity contribution is 5.93. The summed E-state index contributed by atoms with van der Waals surface area (Å²) in [5.74, 6) is -0.339. The molecule has 1 aliphatic heterocycles. The number of rotatable bonds is 1. The molecule has 1 saturated heterocycles. The minimum Gasteiger partial charge on any atom is -0.335 e. The molecule has 5 nitrogen and oxygen atoms in total. The Morgan fingerprint density at radius 2 is 2.04 bits per heavy atom. The Hall–Kier alpha value is -2.12. The minimum absolute atomic E-state index is 0.00218. The van der Waals surface area contributed by atoms with Gasteiger partial charge in [-0.2, -0.15) is 18.3 Å². The van der Waals surface area contributed by atoms with E-state index in [1.165, 1.54) is 13.0 Å². The lowest BCUT2D eigenvalue weighted by Gasteiger charge is -2.32. The molecule has 0 aliphatic carbocycles. The van der Waals surface area contributed by atoms with Crippen LogP contribution in [0.1, 0.15) is 48.1 Å². The van der Waals surface area contributed by atoms with Crippen molar-refractivity contribution in [3.8, 4) is 0 Å². The van der Waals surface area contributed by atoms with Crippen molar-refractivity contribution in [1.29, 1.82) is 0 Å². The molecule has 0 aromatic carbocycles. The highest BCUT2D eigenvalue weighted by Crippen LogP contribution is 2.30. The molecule has 1 amide bonds. The average Bonchev–Trinajstić information content (AvgIpc) is 2.88. The van der Waals surface area contributed by atoms with Crippen LogP contribution in [0.25, 0.3) is 5.65 Å². The van der Waals surface area contributed by atoms with Crippen molar-refractivity contribution in [2.75, 3.05) is 6.54 Å². The third-order valence-corrected chi connectivity index (χ3v) is 4.13. The SMILES string of the molecule is Cc1cc(C(F)(F)F)n2nc(C(=O)N3CCCCC3C)cc2n1. The fraction of sp³-hybridized carbons (Fsp3) is 0.533. The Bertz CT molecular complexity index is 753.